The molecule has 0 aromatic rings. The molecule has 0 rings (SSSR count). The Hall–Kier alpha value is -1.31. The summed E-state index contributed by atoms with van der Waals surface area (Å²) in [5, 5.41) is 2.85. The van der Waals surface area contributed by atoms with Crippen LogP contribution in [0.2, 0.25) is 0 Å². The third-order valence-electron chi connectivity index (χ3n) is 1.70. The predicted octanol–water partition coefficient (Wildman–Crippen LogP) is 3.86. The Morgan fingerprint density at radius 3 is 2.24 bits per heavy atom. The van der Waals surface area contributed by atoms with Gasteiger partial charge in [0.1, 0.15) is 0 Å². The minimum absolute atomic E-state index is 0.0330. The summed E-state index contributed by atoms with van der Waals surface area (Å²) in [6.07, 6.45) is 8.76. The lowest BCUT2D eigenvalue weighted by Crippen LogP contribution is -2.29. The molecule has 2 nitrogen and oxygen atoms in total. The molecule has 0 aromatic carbocycles. The molecule has 0 aliphatic rings. The van der Waals surface area contributed by atoms with E-state index in [1.54, 1.807) is 6.08 Å². The van der Waals surface area contributed by atoms with Crippen molar-refractivity contribution in [3.05, 3.63) is 36.5 Å². The van der Waals surface area contributed by atoms with Gasteiger partial charge in [-0.1, -0.05) is 65.0 Å². The van der Waals surface area contributed by atoms with Crippen molar-refractivity contribution in [3.63, 3.8) is 0 Å². The van der Waals surface area contributed by atoms with Crippen LogP contribution in [0.15, 0.2) is 36.5 Å². The summed E-state index contributed by atoms with van der Waals surface area (Å²) in [6.45, 7) is 14.1. The monoisotopic (exact) mass is 237 g/mol. The van der Waals surface area contributed by atoms with Crippen LogP contribution in [0, 0.1) is 5.92 Å². The van der Waals surface area contributed by atoms with Crippen molar-refractivity contribution in [1.82, 2.24) is 5.32 Å². The Kier molecular flexibility index (Phi) is 13.6. The molecule has 17 heavy (non-hydrogen) atoms. The van der Waals surface area contributed by atoms with Gasteiger partial charge in [0.25, 0.3) is 0 Å². The van der Waals surface area contributed by atoms with E-state index in [1.165, 1.54) is 6.42 Å². The molecule has 0 aliphatic heterocycles. The fraction of sp³-hybridized carbons (Fsp3) is 0.533. The van der Waals surface area contributed by atoms with Gasteiger partial charge in [-0.3, -0.25) is 4.79 Å². The van der Waals surface area contributed by atoms with E-state index in [1.807, 2.05) is 39.0 Å². The molecule has 0 saturated heterocycles. The standard InChI is InChI=1S/C12H19NO.C3H8/c1-5-7-11(8-6-2)9-13-12(14)10(3)4;1-3-2/h5-8,10H,1,9H2,2-4H3,(H,13,14);3H2,1-2H3/b8-6-,11-7+;. The summed E-state index contributed by atoms with van der Waals surface area (Å²) in [5.74, 6) is 0.107. The smallest absolute Gasteiger partial charge is 0.222 e. The van der Waals surface area contributed by atoms with Crippen LogP contribution in [0.3, 0.4) is 0 Å². The highest BCUT2D eigenvalue weighted by molar-refractivity contribution is 5.78. The van der Waals surface area contributed by atoms with E-state index in [4.69, 9.17) is 0 Å². The molecule has 0 unspecified atom stereocenters. The Bertz CT molecular complexity index is 262. The van der Waals surface area contributed by atoms with Gasteiger partial charge in [-0.25, -0.2) is 0 Å². The second-order valence-electron chi connectivity index (χ2n) is 4.06. The van der Waals surface area contributed by atoms with E-state index in [2.05, 4.69) is 25.7 Å². The molecule has 0 bridgehead atoms. The molecule has 2 heteroatoms. The lowest BCUT2D eigenvalue weighted by molar-refractivity contribution is -0.123. The van der Waals surface area contributed by atoms with Crippen molar-refractivity contribution in [1.29, 1.82) is 0 Å². The first-order valence-electron chi connectivity index (χ1n) is 6.25. The fourth-order valence-corrected chi connectivity index (χ4v) is 0.932. The normalized spacial score (nSPS) is 11.1. The average molecular weight is 237 g/mol. The van der Waals surface area contributed by atoms with Crippen molar-refractivity contribution >= 4 is 5.91 Å². The van der Waals surface area contributed by atoms with Crippen LogP contribution in [-0.4, -0.2) is 12.5 Å². The highest BCUT2D eigenvalue weighted by atomic mass is 16.1. The number of hydrogen-bond donors (Lipinski definition) is 1. The highest BCUT2D eigenvalue weighted by Crippen LogP contribution is 1.97. The van der Waals surface area contributed by atoms with Crippen molar-refractivity contribution in [2.45, 2.75) is 41.0 Å². The van der Waals surface area contributed by atoms with E-state index in [0.717, 1.165) is 5.57 Å². The lowest BCUT2D eigenvalue weighted by Gasteiger charge is -2.07. The maximum atomic E-state index is 11.3. The summed E-state index contributed by atoms with van der Waals surface area (Å²) in [5.41, 5.74) is 1.05. The number of allylic oxidation sites excluding steroid dienone is 3. The number of amides is 1. The van der Waals surface area contributed by atoms with E-state index >= 15 is 0 Å². The van der Waals surface area contributed by atoms with Gasteiger partial charge in [-0.2, -0.15) is 0 Å². The first-order chi connectivity index (χ1) is 8.03. The van der Waals surface area contributed by atoms with Gasteiger partial charge in [-0.15, -0.1) is 0 Å². The predicted molar refractivity (Wildman–Crippen MR) is 76.9 cm³/mol. The second kappa shape index (κ2) is 12.8. The first-order valence-corrected chi connectivity index (χ1v) is 6.25. The highest BCUT2D eigenvalue weighted by Gasteiger charge is 2.05. The summed E-state index contributed by atoms with van der Waals surface area (Å²) in [7, 11) is 0. The van der Waals surface area contributed by atoms with E-state index < -0.39 is 0 Å². The molecule has 98 valence electrons. The van der Waals surface area contributed by atoms with Crippen molar-refractivity contribution in [2.24, 2.45) is 5.92 Å². The minimum Gasteiger partial charge on any atom is -0.352 e. The maximum Gasteiger partial charge on any atom is 0.222 e. The van der Waals surface area contributed by atoms with Gasteiger partial charge >= 0.3 is 0 Å². The first kappa shape index (κ1) is 18.1. The summed E-state index contributed by atoms with van der Waals surface area (Å²) < 4.78 is 0. The van der Waals surface area contributed by atoms with Gasteiger partial charge in [0, 0.05) is 12.5 Å². The number of carbonyl (C=O) groups excluding carboxylic acids is 1. The van der Waals surface area contributed by atoms with E-state index in [0.29, 0.717) is 6.54 Å². The summed E-state index contributed by atoms with van der Waals surface area (Å²) in [6, 6.07) is 0. The van der Waals surface area contributed by atoms with Gasteiger partial charge < -0.3 is 5.32 Å². The number of rotatable bonds is 5. The molecule has 1 N–H and O–H groups in total. The number of nitrogens with one attached hydrogen (secondary N) is 1. The van der Waals surface area contributed by atoms with Crippen LogP contribution in [0.25, 0.3) is 0 Å². The van der Waals surface area contributed by atoms with Crippen LogP contribution in [-0.2, 0) is 4.79 Å². The molecule has 0 saturated carbocycles. The number of carbonyl (C=O) groups is 1. The molecule has 1 amide bonds. The maximum absolute atomic E-state index is 11.3. The molecular weight excluding hydrogens is 210 g/mol. The molecule has 0 aromatic heterocycles. The minimum atomic E-state index is 0.0330. The van der Waals surface area contributed by atoms with Gasteiger partial charge in [-0.05, 0) is 12.5 Å². The molecule has 0 atom stereocenters. The van der Waals surface area contributed by atoms with Gasteiger partial charge in [0.2, 0.25) is 5.91 Å². The van der Waals surface area contributed by atoms with Gasteiger partial charge in [0.15, 0.2) is 0 Å². The molecule has 0 radical (unpaired) electrons. The topological polar surface area (TPSA) is 29.1 Å². The molecule has 0 heterocycles. The van der Waals surface area contributed by atoms with Crippen molar-refractivity contribution in [3.8, 4) is 0 Å². The lowest BCUT2D eigenvalue weighted by atomic mass is 10.2. The zero-order chi connectivity index (χ0) is 13.7. The Morgan fingerprint density at radius 2 is 1.88 bits per heavy atom. The average Bonchev–Trinajstić information content (AvgIpc) is 2.27. The molecule has 0 aliphatic carbocycles. The Morgan fingerprint density at radius 1 is 1.35 bits per heavy atom. The largest absolute Gasteiger partial charge is 0.352 e. The van der Waals surface area contributed by atoms with E-state index in [-0.39, 0.29) is 11.8 Å². The summed E-state index contributed by atoms with van der Waals surface area (Å²) >= 11 is 0. The third kappa shape index (κ3) is 12.6. The van der Waals surface area contributed by atoms with Crippen LogP contribution >= 0.6 is 0 Å². The second-order valence-corrected chi connectivity index (χ2v) is 4.06. The van der Waals surface area contributed by atoms with Crippen molar-refractivity contribution in [2.75, 3.05) is 6.54 Å². The zero-order valence-corrected chi connectivity index (χ0v) is 11.9. The zero-order valence-electron chi connectivity index (χ0n) is 11.9. The SMILES string of the molecule is C=C/C=C(\C=C/C)CNC(=O)C(C)C.CCC. The Labute approximate surface area is 106 Å². The Balaban J connectivity index is 0. The molecule has 0 fully saturated rings. The summed E-state index contributed by atoms with van der Waals surface area (Å²) in [4.78, 5) is 11.3. The third-order valence-corrected chi connectivity index (χ3v) is 1.70. The fourth-order valence-electron chi connectivity index (χ4n) is 0.932. The molecular formula is C15H27NO. The van der Waals surface area contributed by atoms with Crippen LogP contribution in [0.5, 0.6) is 0 Å². The number of hydrogen-bond acceptors (Lipinski definition) is 1. The van der Waals surface area contributed by atoms with Crippen LogP contribution in [0.1, 0.15) is 41.0 Å². The van der Waals surface area contributed by atoms with Gasteiger partial charge in [0.05, 0.1) is 0 Å². The molecule has 0 spiro atoms. The quantitative estimate of drug-likeness (QED) is 0.723. The van der Waals surface area contributed by atoms with Crippen LogP contribution < -0.4 is 5.32 Å². The van der Waals surface area contributed by atoms with Crippen LogP contribution in [0.4, 0.5) is 0 Å². The van der Waals surface area contributed by atoms with E-state index in [9.17, 15) is 4.79 Å². The van der Waals surface area contributed by atoms with Crippen molar-refractivity contribution < 1.29 is 4.79 Å².